The highest BCUT2D eigenvalue weighted by Gasteiger charge is 2.36. The topological polar surface area (TPSA) is 48.8 Å². The van der Waals surface area contributed by atoms with E-state index in [0.29, 0.717) is 5.41 Å². The van der Waals surface area contributed by atoms with Crippen LogP contribution in [0.15, 0.2) is 23.5 Å². The molecule has 5 nitrogen and oxygen atoms in total. The third kappa shape index (κ3) is 2.68. The molecule has 0 bridgehead atoms. The molecule has 108 valence electrons. The molecule has 2 saturated heterocycles. The summed E-state index contributed by atoms with van der Waals surface area (Å²) in [5, 5.41) is 2.85. The smallest absolute Gasteiger partial charge is 0.196 e. The van der Waals surface area contributed by atoms with E-state index in [9.17, 15) is 4.91 Å². The summed E-state index contributed by atoms with van der Waals surface area (Å²) < 4.78 is 0. The number of hydrogen-bond acceptors (Lipinski definition) is 5. The summed E-state index contributed by atoms with van der Waals surface area (Å²) in [6.07, 6.45) is 6.99. The van der Waals surface area contributed by atoms with Gasteiger partial charge in [0.2, 0.25) is 0 Å². The molecule has 0 unspecified atom stereocenters. The maximum atomic E-state index is 10.4. The molecule has 0 atom stereocenters. The quantitative estimate of drug-likeness (QED) is 0.778. The molecule has 1 spiro atoms. The summed E-state index contributed by atoms with van der Waals surface area (Å²) in [5.41, 5.74) is 1.68. The molecule has 3 heterocycles. The maximum absolute atomic E-state index is 10.4. The Kier molecular flexibility index (Phi) is 3.70. The van der Waals surface area contributed by atoms with Crippen molar-refractivity contribution in [2.75, 3.05) is 38.1 Å². The van der Waals surface area contributed by atoms with Gasteiger partial charge in [0, 0.05) is 13.1 Å². The molecule has 1 aromatic heterocycles. The van der Waals surface area contributed by atoms with Crippen LogP contribution in [0.4, 0.5) is 11.5 Å². The fourth-order valence-electron chi connectivity index (χ4n) is 3.45. The van der Waals surface area contributed by atoms with E-state index in [-0.39, 0.29) is 5.82 Å². The highest BCUT2D eigenvalue weighted by molar-refractivity contribution is 5.48. The van der Waals surface area contributed by atoms with Crippen LogP contribution in [0.25, 0.3) is 0 Å². The van der Waals surface area contributed by atoms with Gasteiger partial charge >= 0.3 is 0 Å². The van der Waals surface area contributed by atoms with Crippen LogP contribution in [-0.4, -0.2) is 43.1 Å². The third-order valence-corrected chi connectivity index (χ3v) is 5.06. The Morgan fingerprint density at radius 2 is 1.75 bits per heavy atom. The van der Waals surface area contributed by atoms with Gasteiger partial charge in [-0.15, -0.1) is 4.91 Å². The van der Waals surface area contributed by atoms with E-state index in [1.807, 2.05) is 6.07 Å². The second kappa shape index (κ2) is 5.48. The average Bonchev–Trinajstić information content (AvgIpc) is 2.52. The first-order valence-electron chi connectivity index (χ1n) is 7.44. The number of likely N-dealkylation sites (tertiary alicyclic amines) is 1. The molecule has 5 heteroatoms. The van der Waals surface area contributed by atoms with Crippen molar-refractivity contribution < 1.29 is 0 Å². The molecule has 20 heavy (non-hydrogen) atoms. The normalized spacial score (nSPS) is 22.9. The Hall–Kier alpha value is -1.49. The molecule has 2 aliphatic heterocycles. The van der Waals surface area contributed by atoms with Crippen LogP contribution in [0, 0.1) is 10.3 Å². The van der Waals surface area contributed by atoms with E-state index in [2.05, 4.69) is 27.0 Å². The van der Waals surface area contributed by atoms with Gasteiger partial charge in [0.15, 0.2) is 5.82 Å². The van der Waals surface area contributed by atoms with Gasteiger partial charge in [-0.25, -0.2) is 4.98 Å². The van der Waals surface area contributed by atoms with Crippen molar-refractivity contribution in [3.63, 3.8) is 0 Å². The minimum absolute atomic E-state index is 0.262. The Morgan fingerprint density at radius 1 is 1.10 bits per heavy atom. The number of anilines is 1. The Balaban J connectivity index is 1.61. The highest BCUT2D eigenvalue weighted by Crippen LogP contribution is 2.41. The summed E-state index contributed by atoms with van der Waals surface area (Å²) in [4.78, 5) is 19.3. The molecule has 2 aliphatic rings. The molecule has 0 aliphatic carbocycles. The van der Waals surface area contributed by atoms with Crippen LogP contribution in [0.2, 0.25) is 0 Å². The lowest BCUT2D eigenvalue weighted by atomic mass is 9.71. The van der Waals surface area contributed by atoms with Crippen molar-refractivity contribution in [2.24, 2.45) is 10.6 Å². The molecule has 1 aromatic rings. The number of rotatable bonds is 2. The van der Waals surface area contributed by atoms with Crippen molar-refractivity contribution in [3.8, 4) is 0 Å². The summed E-state index contributed by atoms with van der Waals surface area (Å²) in [5.74, 6) is 0.262. The van der Waals surface area contributed by atoms with Crippen molar-refractivity contribution in [1.29, 1.82) is 0 Å². The van der Waals surface area contributed by atoms with Gasteiger partial charge in [-0.05, 0) is 68.5 Å². The van der Waals surface area contributed by atoms with Gasteiger partial charge in [0.1, 0.15) is 0 Å². The standard InChI is InChI=1S/C15H22N4O/c1-18-8-4-15(5-9-18)6-10-19(11-7-15)13-2-3-14(17-20)16-12-13/h2-3,12H,4-11H2,1H3. The van der Waals surface area contributed by atoms with E-state index >= 15 is 0 Å². The average molecular weight is 274 g/mol. The molecule has 0 aromatic carbocycles. The summed E-state index contributed by atoms with van der Waals surface area (Å²) in [6.45, 7) is 4.67. The first-order chi connectivity index (χ1) is 9.71. The van der Waals surface area contributed by atoms with Crippen molar-refractivity contribution in [1.82, 2.24) is 9.88 Å². The zero-order chi connectivity index (χ0) is 14.0. The van der Waals surface area contributed by atoms with E-state index < -0.39 is 0 Å². The number of nitrogens with zero attached hydrogens (tertiary/aromatic N) is 4. The van der Waals surface area contributed by atoms with Gasteiger partial charge in [0.05, 0.1) is 11.9 Å². The lowest BCUT2D eigenvalue weighted by molar-refractivity contribution is 0.0945. The van der Waals surface area contributed by atoms with Gasteiger partial charge < -0.3 is 9.80 Å². The summed E-state index contributed by atoms with van der Waals surface area (Å²) >= 11 is 0. The predicted molar refractivity (Wildman–Crippen MR) is 80.3 cm³/mol. The minimum atomic E-state index is 0.262. The van der Waals surface area contributed by atoms with E-state index in [1.54, 1.807) is 12.3 Å². The Bertz CT molecular complexity index is 455. The van der Waals surface area contributed by atoms with E-state index in [0.717, 1.165) is 18.8 Å². The Morgan fingerprint density at radius 3 is 2.30 bits per heavy atom. The zero-order valence-corrected chi connectivity index (χ0v) is 12.1. The first kappa shape index (κ1) is 13.5. The first-order valence-corrected chi connectivity index (χ1v) is 7.44. The fraction of sp³-hybridized carbons (Fsp3) is 0.667. The largest absolute Gasteiger partial charge is 0.370 e. The predicted octanol–water partition coefficient (Wildman–Crippen LogP) is 2.79. The minimum Gasteiger partial charge on any atom is -0.370 e. The second-order valence-corrected chi connectivity index (χ2v) is 6.26. The lowest BCUT2D eigenvalue weighted by Crippen LogP contribution is -2.46. The van der Waals surface area contributed by atoms with Gasteiger partial charge in [0.25, 0.3) is 0 Å². The monoisotopic (exact) mass is 274 g/mol. The van der Waals surface area contributed by atoms with Crippen LogP contribution in [-0.2, 0) is 0 Å². The molecule has 0 saturated carbocycles. The number of nitroso groups, excluding NO2 is 1. The van der Waals surface area contributed by atoms with Gasteiger partial charge in [-0.2, -0.15) is 0 Å². The van der Waals surface area contributed by atoms with Crippen LogP contribution in [0.3, 0.4) is 0 Å². The van der Waals surface area contributed by atoms with Gasteiger partial charge in [-0.3, -0.25) is 0 Å². The van der Waals surface area contributed by atoms with Crippen molar-refractivity contribution in [2.45, 2.75) is 25.7 Å². The maximum Gasteiger partial charge on any atom is 0.196 e. The van der Waals surface area contributed by atoms with Crippen molar-refractivity contribution in [3.05, 3.63) is 23.2 Å². The summed E-state index contributed by atoms with van der Waals surface area (Å²) in [7, 11) is 2.22. The number of aromatic nitrogens is 1. The van der Waals surface area contributed by atoms with E-state index in [1.165, 1.54) is 38.8 Å². The van der Waals surface area contributed by atoms with Crippen LogP contribution in [0.5, 0.6) is 0 Å². The van der Waals surface area contributed by atoms with Crippen LogP contribution < -0.4 is 4.90 Å². The summed E-state index contributed by atoms with van der Waals surface area (Å²) in [6, 6.07) is 3.65. The molecular weight excluding hydrogens is 252 g/mol. The van der Waals surface area contributed by atoms with Gasteiger partial charge in [-0.1, -0.05) is 0 Å². The zero-order valence-electron chi connectivity index (χ0n) is 12.1. The number of hydrogen-bond donors (Lipinski definition) is 0. The molecule has 0 radical (unpaired) electrons. The Labute approximate surface area is 120 Å². The van der Waals surface area contributed by atoms with Crippen LogP contribution in [0.1, 0.15) is 25.7 Å². The third-order valence-electron chi connectivity index (χ3n) is 5.06. The molecular formula is C15H22N4O. The van der Waals surface area contributed by atoms with Crippen molar-refractivity contribution >= 4 is 11.5 Å². The number of pyridine rings is 1. The lowest BCUT2D eigenvalue weighted by Gasteiger charge is -2.46. The fourth-order valence-corrected chi connectivity index (χ4v) is 3.45. The molecule has 3 rings (SSSR count). The second-order valence-electron chi connectivity index (χ2n) is 6.26. The highest BCUT2D eigenvalue weighted by atomic mass is 16.3. The number of piperidine rings is 2. The van der Waals surface area contributed by atoms with Crippen LogP contribution >= 0.6 is 0 Å². The SMILES string of the molecule is CN1CCC2(CC1)CCN(c1ccc(N=O)nc1)CC2. The molecule has 2 fully saturated rings. The molecule has 0 N–H and O–H groups in total. The molecule has 0 amide bonds. The van der Waals surface area contributed by atoms with E-state index in [4.69, 9.17) is 0 Å².